The van der Waals surface area contributed by atoms with Gasteiger partial charge in [0.2, 0.25) is 0 Å². The van der Waals surface area contributed by atoms with Gasteiger partial charge in [0.15, 0.2) is 0 Å². The van der Waals surface area contributed by atoms with Crippen molar-refractivity contribution in [3.8, 4) is 0 Å². The lowest BCUT2D eigenvalue weighted by Crippen LogP contribution is -2.40. The van der Waals surface area contributed by atoms with Gasteiger partial charge in [-0.3, -0.25) is 4.79 Å². The Balaban J connectivity index is 1.66. The summed E-state index contributed by atoms with van der Waals surface area (Å²) in [5, 5.41) is 4.57. The maximum Gasteiger partial charge on any atom is 0.323 e. The number of hydrogen-bond acceptors (Lipinski definition) is 3. The predicted octanol–water partition coefficient (Wildman–Crippen LogP) is 4.60. The van der Waals surface area contributed by atoms with E-state index in [1.807, 2.05) is 48.7 Å². The first-order chi connectivity index (χ1) is 13.3. The van der Waals surface area contributed by atoms with Crippen LogP contribution in [0, 0.1) is 0 Å². The molecule has 3 aromatic rings. The van der Waals surface area contributed by atoms with E-state index in [9.17, 15) is 4.79 Å². The van der Waals surface area contributed by atoms with E-state index in [0.29, 0.717) is 13.0 Å². The summed E-state index contributed by atoms with van der Waals surface area (Å²) < 4.78 is 5.60. The molecule has 0 aliphatic heterocycles. The molecule has 142 valence electrons. The smallest absolute Gasteiger partial charge is 0.323 e. The molecule has 0 aliphatic rings. The second kappa shape index (κ2) is 9.93. The molecule has 1 atom stereocenters. The molecule has 0 aliphatic carbocycles. The van der Waals surface area contributed by atoms with Crippen LogP contribution in [0.5, 0.6) is 0 Å². The highest BCUT2D eigenvalue weighted by atomic mass is 16.5. The van der Waals surface area contributed by atoms with Gasteiger partial charge in [-0.2, -0.15) is 0 Å². The summed E-state index contributed by atoms with van der Waals surface area (Å²) in [6.45, 7) is 3.31. The molecule has 27 heavy (non-hydrogen) atoms. The Morgan fingerprint density at radius 1 is 1.07 bits per heavy atom. The van der Waals surface area contributed by atoms with Crippen molar-refractivity contribution >= 4 is 16.9 Å². The van der Waals surface area contributed by atoms with Crippen LogP contribution in [-0.4, -0.2) is 23.5 Å². The number of para-hydroxylation sites is 1. The third kappa shape index (κ3) is 5.44. The van der Waals surface area contributed by atoms with Crippen LogP contribution < -0.4 is 5.32 Å². The number of hydrogen-bond donors (Lipinski definition) is 2. The van der Waals surface area contributed by atoms with Crippen LogP contribution >= 0.6 is 0 Å². The van der Waals surface area contributed by atoms with Gasteiger partial charge in [-0.1, -0.05) is 68.3 Å². The molecule has 1 heterocycles. The molecule has 0 fully saturated rings. The van der Waals surface area contributed by atoms with E-state index in [4.69, 9.17) is 4.74 Å². The fourth-order valence-electron chi connectivity index (χ4n) is 3.24. The summed E-state index contributed by atoms with van der Waals surface area (Å²) in [6, 6.07) is 17.6. The number of carbonyl (C=O) groups is 1. The molecule has 0 spiro atoms. The van der Waals surface area contributed by atoms with Gasteiger partial charge in [0.1, 0.15) is 12.6 Å². The van der Waals surface area contributed by atoms with Crippen LogP contribution in [0.25, 0.3) is 10.9 Å². The van der Waals surface area contributed by atoms with E-state index >= 15 is 0 Å². The van der Waals surface area contributed by atoms with Crippen LogP contribution in [0.2, 0.25) is 0 Å². The average molecular weight is 364 g/mol. The molecular formula is C23H28N2O2. The Labute approximate surface area is 160 Å². The lowest BCUT2D eigenvalue weighted by atomic mass is 10.0. The van der Waals surface area contributed by atoms with E-state index in [1.54, 1.807) is 0 Å². The van der Waals surface area contributed by atoms with E-state index in [1.165, 1.54) is 0 Å². The number of nitrogens with one attached hydrogen (secondary N) is 2. The molecular weight excluding hydrogens is 336 g/mol. The number of benzene rings is 2. The monoisotopic (exact) mass is 364 g/mol. The van der Waals surface area contributed by atoms with Gasteiger partial charge in [-0.25, -0.2) is 0 Å². The topological polar surface area (TPSA) is 54.1 Å². The first kappa shape index (κ1) is 19.2. The van der Waals surface area contributed by atoms with Crippen molar-refractivity contribution in [3.05, 3.63) is 71.9 Å². The Morgan fingerprint density at radius 3 is 2.67 bits per heavy atom. The zero-order chi connectivity index (χ0) is 18.9. The highest BCUT2D eigenvalue weighted by molar-refractivity contribution is 5.84. The highest BCUT2D eigenvalue weighted by Crippen LogP contribution is 2.19. The Hall–Kier alpha value is -2.59. The maximum atomic E-state index is 12.7. The molecule has 1 aromatic heterocycles. The van der Waals surface area contributed by atoms with Gasteiger partial charge in [-0.15, -0.1) is 0 Å². The van der Waals surface area contributed by atoms with Crippen molar-refractivity contribution in [2.45, 2.75) is 45.3 Å². The molecule has 0 amide bonds. The fourth-order valence-corrected chi connectivity index (χ4v) is 3.24. The first-order valence-corrected chi connectivity index (χ1v) is 9.77. The number of ether oxygens (including phenoxy) is 1. The van der Waals surface area contributed by atoms with E-state index < -0.39 is 0 Å². The molecule has 2 aromatic carbocycles. The number of carbonyl (C=O) groups excluding carboxylic acids is 1. The molecule has 0 radical (unpaired) electrons. The number of unbranched alkanes of at least 4 members (excludes halogenated alkanes) is 2. The molecule has 0 bridgehead atoms. The van der Waals surface area contributed by atoms with Crippen molar-refractivity contribution in [1.29, 1.82) is 0 Å². The zero-order valence-corrected chi connectivity index (χ0v) is 15.9. The summed E-state index contributed by atoms with van der Waals surface area (Å²) in [6.07, 6.45) is 5.99. The number of H-pyrrole nitrogens is 1. The number of fused-ring (bicyclic) bond motifs is 1. The van der Waals surface area contributed by atoms with Gasteiger partial charge in [0, 0.05) is 23.5 Å². The fraction of sp³-hybridized carbons (Fsp3) is 0.348. The first-order valence-electron chi connectivity index (χ1n) is 9.77. The predicted molar refractivity (Wildman–Crippen MR) is 110 cm³/mol. The number of aromatic nitrogens is 1. The Kier molecular flexibility index (Phi) is 7.05. The second-order valence-electron chi connectivity index (χ2n) is 6.87. The molecule has 0 saturated heterocycles. The minimum absolute atomic E-state index is 0.194. The minimum Gasteiger partial charge on any atom is -0.460 e. The van der Waals surface area contributed by atoms with Crippen LogP contribution in [0.3, 0.4) is 0 Å². The largest absolute Gasteiger partial charge is 0.460 e. The van der Waals surface area contributed by atoms with Crippen molar-refractivity contribution in [2.24, 2.45) is 0 Å². The molecule has 4 nitrogen and oxygen atoms in total. The standard InChI is InChI=1S/C23H28N2O2/c1-2-3-9-14-24-22(23(26)27-17-18-10-5-4-6-11-18)15-19-16-25-21-13-8-7-12-20(19)21/h4-8,10-13,16,22,24-25H,2-3,9,14-15,17H2,1H3. The van der Waals surface area contributed by atoms with Crippen LogP contribution in [0.1, 0.15) is 37.3 Å². The number of rotatable bonds is 10. The molecule has 2 N–H and O–H groups in total. The van der Waals surface area contributed by atoms with Gasteiger partial charge in [0.05, 0.1) is 0 Å². The van der Waals surface area contributed by atoms with Crippen LogP contribution in [0.15, 0.2) is 60.8 Å². The minimum atomic E-state index is -0.343. The van der Waals surface area contributed by atoms with Gasteiger partial charge >= 0.3 is 5.97 Å². The zero-order valence-electron chi connectivity index (χ0n) is 15.9. The molecule has 3 rings (SSSR count). The third-order valence-electron chi connectivity index (χ3n) is 4.78. The highest BCUT2D eigenvalue weighted by Gasteiger charge is 2.21. The van der Waals surface area contributed by atoms with Crippen molar-refractivity contribution < 1.29 is 9.53 Å². The van der Waals surface area contributed by atoms with E-state index in [2.05, 4.69) is 29.4 Å². The SMILES string of the molecule is CCCCCNC(Cc1c[nH]c2ccccc12)C(=O)OCc1ccccc1. The summed E-state index contributed by atoms with van der Waals surface area (Å²) in [5.74, 6) is -0.194. The van der Waals surface area contributed by atoms with E-state index in [0.717, 1.165) is 47.8 Å². The third-order valence-corrected chi connectivity index (χ3v) is 4.78. The Morgan fingerprint density at radius 2 is 1.85 bits per heavy atom. The van der Waals surface area contributed by atoms with Gasteiger partial charge in [-0.05, 0) is 30.2 Å². The normalized spacial score (nSPS) is 12.2. The lowest BCUT2D eigenvalue weighted by molar-refractivity contribution is -0.147. The Bertz CT molecular complexity index is 842. The second-order valence-corrected chi connectivity index (χ2v) is 6.87. The average Bonchev–Trinajstić information content (AvgIpc) is 3.12. The lowest BCUT2D eigenvalue weighted by Gasteiger charge is -2.17. The van der Waals surface area contributed by atoms with Gasteiger partial charge in [0.25, 0.3) is 0 Å². The van der Waals surface area contributed by atoms with E-state index in [-0.39, 0.29) is 12.0 Å². The van der Waals surface area contributed by atoms with Crippen LogP contribution in [0.4, 0.5) is 0 Å². The summed E-state index contributed by atoms with van der Waals surface area (Å²) >= 11 is 0. The van der Waals surface area contributed by atoms with Gasteiger partial charge < -0.3 is 15.0 Å². The summed E-state index contributed by atoms with van der Waals surface area (Å²) in [4.78, 5) is 16.0. The molecule has 1 unspecified atom stereocenters. The number of aromatic amines is 1. The van der Waals surface area contributed by atoms with Crippen molar-refractivity contribution in [1.82, 2.24) is 10.3 Å². The summed E-state index contributed by atoms with van der Waals surface area (Å²) in [5.41, 5.74) is 3.23. The quantitative estimate of drug-likeness (QED) is 0.408. The number of esters is 1. The maximum absolute atomic E-state index is 12.7. The molecule has 4 heteroatoms. The van der Waals surface area contributed by atoms with Crippen molar-refractivity contribution in [2.75, 3.05) is 6.54 Å². The van der Waals surface area contributed by atoms with Crippen molar-refractivity contribution in [3.63, 3.8) is 0 Å². The summed E-state index contributed by atoms with van der Waals surface area (Å²) in [7, 11) is 0. The van der Waals surface area contributed by atoms with Crippen LogP contribution in [-0.2, 0) is 22.6 Å². The molecule has 0 saturated carbocycles.